The van der Waals surface area contributed by atoms with Gasteiger partial charge in [-0.3, -0.25) is 4.90 Å². The molecule has 31 heavy (non-hydrogen) atoms. The molecule has 0 aromatic carbocycles. The number of hydrogen-bond donors (Lipinski definition) is 2. The van der Waals surface area contributed by atoms with Crippen LogP contribution in [0.2, 0.25) is 0 Å². The van der Waals surface area contributed by atoms with E-state index in [2.05, 4.69) is 37.6 Å². The number of likely N-dealkylation sites (N-methyl/N-ethyl adjacent to an activating group) is 1. The van der Waals surface area contributed by atoms with Gasteiger partial charge in [0.25, 0.3) is 0 Å². The van der Waals surface area contributed by atoms with Crippen LogP contribution >= 0.6 is 24.0 Å². The van der Waals surface area contributed by atoms with Gasteiger partial charge in [-0.05, 0) is 52.1 Å². The Morgan fingerprint density at radius 1 is 1.19 bits per heavy atom. The molecule has 7 nitrogen and oxygen atoms in total. The molecule has 1 aliphatic carbocycles. The molecule has 1 saturated heterocycles. The maximum absolute atomic E-state index is 13.2. The van der Waals surface area contributed by atoms with E-state index in [0.29, 0.717) is 25.0 Å². The van der Waals surface area contributed by atoms with Crippen molar-refractivity contribution >= 4 is 29.9 Å². The van der Waals surface area contributed by atoms with Gasteiger partial charge in [0.2, 0.25) is 0 Å². The standard InChI is InChI=1S/C20H34F3N7.HI/c1-4-30-10-6-9-17(30)12-24-19(25-13-18-28-27-14(2)29(18)3)26-16-8-5-7-15(11-16)20(21,22)23;/h15-17H,4-13H2,1-3H3,(H2,24,25,26);1H. The molecule has 2 heterocycles. The number of rotatable bonds is 6. The molecular formula is C20H35F3IN7. The summed E-state index contributed by atoms with van der Waals surface area (Å²) in [6, 6.07) is 0.192. The molecule has 3 unspecified atom stereocenters. The van der Waals surface area contributed by atoms with Crippen LogP contribution in [0.3, 0.4) is 0 Å². The number of nitrogens with zero attached hydrogens (tertiary/aromatic N) is 5. The Morgan fingerprint density at radius 3 is 2.61 bits per heavy atom. The monoisotopic (exact) mass is 557 g/mol. The predicted octanol–water partition coefficient (Wildman–Crippen LogP) is 3.38. The number of guanidine groups is 1. The molecular weight excluding hydrogens is 522 g/mol. The van der Waals surface area contributed by atoms with Crippen LogP contribution < -0.4 is 10.6 Å². The van der Waals surface area contributed by atoms with Crippen LogP contribution in [-0.4, -0.2) is 63.5 Å². The summed E-state index contributed by atoms with van der Waals surface area (Å²) in [7, 11) is 1.88. The lowest BCUT2D eigenvalue weighted by Gasteiger charge is -2.32. The zero-order chi connectivity index (χ0) is 21.7. The van der Waals surface area contributed by atoms with E-state index < -0.39 is 12.1 Å². The van der Waals surface area contributed by atoms with Gasteiger partial charge in [-0.15, -0.1) is 34.2 Å². The number of aromatic nitrogens is 3. The highest BCUT2D eigenvalue weighted by atomic mass is 127. The van der Waals surface area contributed by atoms with Crippen molar-refractivity contribution in [3.05, 3.63) is 11.6 Å². The molecule has 3 rings (SSSR count). The van der Waals surface area contributed by atoms with Crippen molar-refractivity contribution in [1.29, 1.82) is 0 Å². The number of aliphatic imine (C=N–C) groups is 1. The van der Waals surface area contributed by atoms with Gasteiger partial charge in [-0.1, -0.05) is 13.3 Å². The number of halogens is 4. The SMILES string of the molecule is CCN1CCCC1CNC(=NCc1nnc(C)n1C)NC1CCCC(C(F)(F)F)C1.I. The fourth-order valence-corrected chi connectivity index (χ4v) is 4.46. The van der Waals surface area contributed by atoms with Gasteiger partial charge in [-0.2, -0.15) is 13.2 Å². The molecule has 1 aliphatic heterocycles. The van der Waals surface area contributed by atoms with E-state index in [9.17, 15) is 13.2 Å². The van der Waals surface area contributed by atoms with E-state index in [-0.39, 0.29) is 42.9 Å². The van der Waals surface area contributed by atoms with Crippen molar-refractivity contribution in [3.63, 3.8) is 0 Å². The first kappa shape index (κ1) is 26.1. The second kappa shape index (κ2) is 11.7. The summed E-state index contributed by atoms with van der Waals surface area (Å²) in [5.74, 6) is 0.845. The number of likely N-dealkylation sites (tertiary alicyclic amines) is 1. The highest BCUT2D eigenvalue weighted by Gasteiger charge is 2.42. The fourth-order valence-electron chi connectivity index (χ4n) is 4.46. The van der Waals surface area contributed by atoms with E-state index in [4.69, 9.17) is 0 Å². The van der Waals surface area contributed by atoms with Gasteiger partial charge in [0.15, 0.2) is 11.8 Å². The summed E-state index contributed by atoms with van der Waals surface area (Å²) in [4.78, 5) is 7.06. The average molecular weight is 557 g/mol. The van der Waals surface area contributed by atoms with Crippen molar-refractivity contribution in [2.75, 3.05) is 19.6 Å². The third-order valence-corrected chi connectivity index (χ3v) is 6.45. The topological polar surface area (TPSA) is 70.4 Å². The Hall–Kier alpha value is -1.11. The molecule has 11 heteroatoms. The summed E-state index contributed by atoms with van der Waals surface area (Å²) in [6.45, 7) is 7.17. The van der Waals surface area contributed by atoms with Crippen LogP contribution in [0.25, 0.3) is 0 Å². The van der Waals surface area contributed by atoms with Crippen LogP contribution in [0.15, 0.2) is 4.99 Å². The Bertz CT molecular complexity index is 722. The van der Waals surface area contributed by atoms with Crippen molar-refractivity contribution < 1.29 is 13.2 Å². The molecule has 178 valence electrons. The van der Waals surface area contributed by atoms with Crippen LogP contribution in [0.4, 0.5) is 13.2 Å². The van der Waals surface area contributed by atoms with Gasteiger partial charge in [0.1, 0.15) is 12.4 Å². The average Bonchev–Trinajstić information content (AvgIpc) is 3.30. The van der Waals surface area contributed by atoms with Crippen molar-refractivity contribution in [1.82, 2.24) is 30.3 Å². The highest BCUT2D eigenvalue weighted by Crippen LogP contribution is 2.37. The zero-order valence-electron chi connectivity index (χ0n) is 18.6. The Kier molecular flexibility index (Phi) is 9.84. The molecule has 0 radical (unpaired) electrons. The van der Waals surface area contributed by atoms with Crippen molar-refractivity contribution in [3.8, 4) is 0 Å². The van der Waals surface area contributed by atoms with Crippen LogP contribution in [0, 0.1) is 12.8 Å². The van der Waals surface area contributed by atoms with Crippen molar-refractivity contribution in [2.24, 2.45) is 18.0 Å². The van der Waals surface area contributed by atoms with Gasteiger partial charge < -0.3 is 15.2 Å². The van der Waals surface area contributed by atoms with E-state index in [1.165, 1.54) is 6.42 Å². The first-order chi connectivity index (χ1) is 14.3. The van der Waals surface area contributed by atoms with Crippen LogP contribution in [0.1, 0.15) is 57.1 Å². The van der Waals surface area contributed by atoms with Gasteiger partial charge in [-0.25, -0.2) is 4.99 Å². The second-order valence-electron chi connectivity index (χ2n) is 8.44. The molecule has 1 aromatic rings. The summed E-state index contributed by atoms with van der Waals surface area (Å²) in [6.07, 6.45) is -0.229. The number of alkyl halides is 3. The molecule has 0 spiro atoms. The lowest BCUT2D eigenvalue weighted by Crippen LogP contribution is -2.49. The van der Waals surface area contributed by atoms with Crippen LogP contribution in [0.5, 0.6) is 0 Å². The summed E-state index contributed by atoms with van der Waals surface area (Å²) >= 11 is 0. The molecule has 1 saturated carbocycles. The third kappa shape index (κ3) is 7.19. The van der Waals surface area contributed by atoms with E-state index >= 15 is 0 Å². The van der Waals surface area contributed by atoms with Crippen LogP contribution in [-0.2, 0) is 13.6 Å². The lowest BCUT2D eigenvalue weighted by molar-refractivity contribution is -0.183. The minimum atomic E-state index is -4.13. The number of aryl methyl sites for hydroxylation is 1. The van der Waals surface area contributed by atoms with E-state index in [1.54, 1.807) is 0 Å². The summed E-state index contributed by atoms with van der Waals surface area (Å²) < 4.78 is 41.5. The molecule has 0 bridgehead atoms. The van der Waals surface area contributed by atoms with Gasteiger partial charge in [0, 0.05) is 25.7 Å². The Labute approximate surface area is 199 Å². The first-order valence-electron chi connectivity index (χ1n) is 11.0. The van der Waals surface area contributed by atoms with Gasteiger partial charge in [0.05, 0.1) is 5.92 Å². The third-order valence-electron chi connectivity index (χ3n) is 6.45. The summed E-state index contributed by atoms with van der Waals surface area (Å²) in [5.41, 5.74) is 0. The Balaban J connectivity index is 0.00000341. The van der Waals surface area contributed by atoms with Gasteiger partial charge >= 0.3 is 6.18 Å². The number of nitrogens with one attached hydrogen (secondary N) is 2. The number of hydrogen-bond acceptors (Lipinski definition) is 4. The largest absolute Gasteiger partial charge is 0.391 e. The normalized spacial score (nSPS) is 25.4. The maximum Gasteiger partial charge on any atom is 0.391 e. The molecule has 1 aromatic heterocycles. The summed E-state index contributed by atoms with van der Waals surface area (Å²) in [5, 5.41) is 14.8. The molecule has 3 atom stereocenters. The first-order valence-corrected chi connectivity index (χ1v) is 11.0. The smallest absolute Gasteiger partial charge is 0.355 e. The highest BCUT2D eigenvalue weighted by molar-refractivity contribution is 14.0. The maximum atomic E-state index is 13.2. The predicted molar refractivity (Wildman–Crippen MR) is 126 cm³/mol. The quantitative estimate of drug-likeness (QED) is 0.319. The fraction of sp³-hybridized carbons (Fsp3) is 0.850. The Morgan fingerprint density at radius 2 is 1.97 bits per heavy atom. The van der Waals surface area contributed by atoms with E-state index in [1.807, 2.05) is 18.5 Å². The molecule has 2 aliphatic rings. The minimum Gasteiger partial charge on any atom is -0.355 e. The second-order valence-corrected chi connectivity index (χ2v) is 8.44. The lowest BCUT2D eigenvalue weighted by atomic mass is 9.85. The molecule has 0 amide bonds. The minimum absolute atomic E-state index is 0. The molecule has 2 fully saturated rings. The molecule has 2 N–H and O–H groups in total. The van der Waals surface area contributed by atoms with Crippen molar-refractivity contribution in [2.45, 2.75) is 77.2 Å². The zero-order valence-corrected chi connectivity index (χ0v) is 20.9. The van der Waals surface area contributed by atoms with E-state index in [0.717, 1.165) is 44.1 Å².